The molecule has 2 N–H and O–H groups in total. The minimum absolute atomic E-state index is 0.00488. The summed E-state index contributed by atoms with van der Waals surface area (Å²) in [6.45, 7) is 0.0506. The first-order valence-electron chi connectivity index (χ1n) is 8.81. The summed E-state index contributed by atoms with van der Waals surface area (Å²) in [6, 6.07) is 15.6. The molecule has 1 saturated heterocycles. The van der Waals surface area contributed by atoms with Gasteiger partial charge in [-0.25, -0.2) is 0 Å². The quantitative estimate of drug-likeness (QED) is 0.347. The van der Waals surface area contributed by atoms with Crippen LogP contribution < -0.4 is 0 Å². The van der Waals surface area contributed by atoms with Crippen LogP contribution in [0.4, 0.5) is 0 Å². The molecule has 0 aliphatic carbocycles. The van der Waals surface area contributed by atoms with E-state index < -0.39 is 17.7 Å². The highest BCUT2D eigenvalue weighted by atomic mass is 79.9. The summed E-state index contributed by atoms with van der Waals surface area (Å²) in [6.07, 6.45) is 1.48. The standard InChI is InChI=1S/C22H16BrNO5/c23-15-8-6-13(7-9-15)20(26)18-19(14-3-1-4-16(25)11-14)24(22(28)21(18)27)12-17-5-2-10-29-17/h1-11,19,25-26H,12H2. The van der Waals surface area contributed by atoms with Crippen LogP contribution in [0, 0.1) is 0 Å². The number of benzene rings is 2. The molecule has 146 valence electrons. The molecule has 0 saturated carbocycles. The highest BCUT2D eigenvalue weighted by molar-refractivity contribution is 9.10. The van der Waals surface area contributed by atoms with Crippen LogP contribution in [0.25, 0.3) is 5.76 Å². The Hall–Kier alpha value is -3.32. The summed E-state index contributed by atoms with van der Waals surface area (Å²) >= 11 is 3.33. The monoisotopic (exact) mass is 453 g/mol. The van der Waals surface area contributed by atoms with E-state index in [2.05, 4.69) is 15.9 Å². The molecule has 29 heavy (non-hydrogen) atoms. The molecule has 0 bridgehead atoms. The van der Waals surface area contributed by atoms with Gasteiger partial charge in [-0.15, -0.1) is 0 Å². The van der Waals surface area contributed by atoms with Gasteiger partial charge < -0.3 is 19.5 Å². The summed E-state index contributed by atoms with van der Waals surface area (Å²) in [7, 11) is 0. The molecule has 7 heteroatoms. The molecule has 1 aliphatic rings. The maximum absolute atomic E-state index is 12.9. The average Bonchev–Trinajstić information content (AvgIpc) is 3.30. The molecular weight excluding hydrogens is 438 g/mol. The minimum atomic E-state index is -0.865. The zero-order valence-corrected chi connectivity index (χ0v) is 16.7. The number of ketones is 1. The fourth-order valence-electron chi connectivity index (χ4n) is 3.42. The van der Waals surface area contributed by atoms with E-state index in [1.807, 2.05) is 0 Å². The molecule has 2 heterocycles. The predicted octanol–water partition coefficient (Wildman–Crippen LogP) is 4.37. The molecule has 0 radical (unpaired) electrons. The van der Waals surface area contributed by atoms with Crippen molar-refractivity contribution in [1.82, 2.24) is 4.90 Å². The third-order valence-electron chi connectivity index (χ3n) is 4.75. The molecular formula is C22H16BrNO5. The number of Topliss-reactive ketones (excluding diaryl/α,β-unsaturated/α-hetero) is 1. The van der Waals surface area contributed by atoms with E-state index in [1.54, 1.807) is 48.5 Å². The molecule has 1 aliphatic heterocycles. The average molecular weight is 454 g/mol. The van der Waals surface area contributed by atoms with Gasteiger partial charge >= 0.3 is 0 Å². The number of aliphatic hydroxyl groups is 1. The highest BCUT2D eigenvalue weighted by Gasteiger charge is 2.46. The van der Waals surface area contributed by atoms with Gasteiger partial charge in [0.2, 0.25) is 0 Å². The Bertz CT molecular complexity index is 1100. The SMILES string of the molecule is O=C1C(=O)N(Cc2ccco2)C(c2cccc(O)c2)C1=C(O)c1ccc(Br)cc1. The molecule has 1 unspecified atom stereocenters. The van der Waals surface area contributed by atoms with E-state index in [0.29, 0.717) is 16.9 Å². The number of nitrogens with zero attached hydrogens (tertiary/aromatic N) is 1. The number of aromatic hydroxyl groups is 1. The van der Waals surface area contributed by atoms with Gasteiger partial charge in [-0.2, -0.15) is 0 Å². The van der Waals surface area contributed by atoms with E-state index in [0.717, 1.165) is 4.47 Å². The van der Waals surface area contributed by atoms with Crippen LogP contribution in [0.1, 0.15) is 22.9 Å². The van der Waals surface area contributed by atoms with Crippen LogP contribution in [0.5, 0.6) is 5.75 Å². The van der Waals surface area contributed by atoms with Gasteiger partial charge in [-0.1, -0.05) is 40.2 Å². The Morgan fingerprint density at radius 1 is 1.07 bits per heavy atom. The fraction of sp³-hybridized carbons (Fsp3) is 0.0909. The number of hydrogen-bond acceptors (Lipinski definition) is 5. The van der Waals surface area contributed by atoms with Crippen molar-refractivity contribution in [2.75, 3.05) is 0 Å². The van der Waals surface area contributed by atoms with Crippen LogP contribution in [0.15, 0.2) is 81.4 Å². The number of phenolic OH excluding ortho intramolecular Hbond substituents is 1. The van der Waals surface area contributed by atoms with Crippen molar-refractivity contribution >= 4 is 33.4 Å². The van der Waals surface area contributed by atoms with E-state index >= 15 is 0 Å². The zero-order chi connectivity index (χ0) is 20.5. The molecule has 2 aromatic carbocycles. The molecule has 3 aromatic rings. The zero-order valence-electron chi connectivity index (χ0n) is 15.1. The number of rotatable bonds is 4. The van der Waals surface area contributed by atoms with Crippen molar-refractivity contribution in [3.63, 3.8) is 0 Å². The first kappa shape index (κ1) is 19.0. The number of carbonyl (C=O) groups excluding carboxylic acids is 2. The maximum Gasteiger partial charge on any atom is 0.296 e. The number of phenols is 1. The van der Waals surface area contributed by atoms with Crippen molar-refractivity contribution in [3.05, 3.63) is 93.9 Å². The number of hydrogen-bond donors (Lipinski definition) is 2. The van der Waals surface area contributed by atoms with E-state index in [9.17, 15) is 19.8 Å². The Labute approximate surface area is 174 Å². The predicted molar refractivity (Wildman–Crippen MR) is 109 cm³/mol. The Morgan fingerprint density at radius 2 is 1.83 bits per heavy atom. The van der Waals surface area contributed by atoms with Crippen molar-refractivity contribution < 1.29 is 24.2 Å². The molecule has 0 spiro atoms. The van der Waals surface area contributed by atoms with Crippen LogP contribution in [-0.2, 0) is 16.1 Å². The number of amides is 1. The molecule has 1 fully saturated rings. The lowest BCUT2D eigenvalue weighted by molar-refractivity contribution is -0.140. The molecule has 1 aromatic heterocycles. The largest absolute Gasteiger partial charge is 0.508 e. The first-order valence-corrected chi connectivity index (χ1v) is 9.60. The van der Waals surface area contributed by atoms with Gasteiger partial charge in [0, 0.05) is 10.0 Å². The van der Waals surface area contributed by atoms with E-state index in [4.69, 9.17) is 4.42 Å². The van der Waals surface area contributed by atoms with Gasteiger partial charge in [0.05, 0.1) is 24.4 Å². The molecule has 4 rings (SSSR count). The highest BCUT2D eigenvalue weighted by Crippen LogP contribution is 2.41. The van der Waals surface area contributed by atoms with Gasteiger partial charge in [0.25, 0.3) is 11.7 Å². The Balaban J connectivity index is 1.87. The van der Waals surface area contributed by atoms with E-state index in [1.165, 1.54) is 23.3 Å². The number of halogens is 1. The number of carbonyl (C=O) groups is 2. The third-order valence-corrected chi connectivity index (χ3v) is 5.28. The van der Waals surface area contributed by atoms with Crippen LogP contribution in [0.3, 0.4) is 0 Å². The Morgan fingerprint density at radius 3 is 2.48 bits per heavy atom. The normalized spacial score (nSPS) is 18.4. The number of furan rings is 1. The maximum atomic E-state index is 12.9. The summed E-state index contributed by atoms with van der Waals surface area (Å²) in [5.74, 6) is -1.31. The van der Waals surface area contributed by atoms with Crippen LogP contribution >= 0.6 is 15.9 Å². The van der Waals surface area contributed by atoms with Crippen molar-refractivity contribution in [2.24, 2.45) is 0 Å². The van der Waals surface area contributed by atoms with Crippen molar-refractivity contribution in [2.45, 2.75) is 12.6 Å². The van der Waals surface area contributed by atoms with Crippen molar-refractivity contribution in [1.29, 1.82) is 0 Å². The summed E-state index contributed by atoms with van der Waals surface area (Å²) in [5, 5.41) is 20.9. The number of likely N-dealkylation sites (tertiary alicyclic amines) is 1. The lowest BCUT2D eigenvalue weighted by Gasteiger charge is -2.24. The van der Waals surface area contributed by atoms with Gasteiger partial charge in [-0.3, -0.25) is 9.59 Å². The lowest BCUT2D eigenvalue weighted by atomic mass is 9.95. The second-order valence-electron chi connectivity index (χ2n) is 6.61. The smallest absolute Gasteiger partial charge is 0.296 e. The summed E-state index contributed by atoms with van der Waals surface area (Å²) < 4.78 is 6.16. The van der Waals surface area contributed by atoms with Gasteiger partial charge in [0.1, 0.15) is 17.3 Å². The van der Waals surface area contributed by atoms with Gasteiger partial charge in [-0.05, 0) is 42.0 Å². The molecule has 1 atom stereocenters. The van der Waals surface area contributed by atoms with Crippen LogP contribution in [0.2, 0.25) is 0 Å². The van der Waals surface area contributed by atoms with Crippen LogP contribution in [-0.4, -0.2) is 26.8 Å². The Kier molecular flexibility index (Phi) is 4.98. The second-order valence-corrected chi connectivity index (χ2v) is 7.52. The van der Waals surface area contributed by atoms with Gasteiger partial charge in [0.15, 0.2) is 0 Å². The lowest BCUT2D eigenvalue weighted by Crippen LogP contribution is -2.29. The molecule has 1 amide bonds. The molecule has 6 nitrogen and oxygen atoms in total. The summed E-state index contributed by atoms with van der Waals surface area (Å²) in [4.78, 5) is 27.0. The summed E-state index contributed by atoms with van der Waals surface area (Å²) in [5.41, 5.74) is 0.887. The number of aliphatic hydroxyl groups excluding tert-OH is 1. The minimum Gasteiger partial charge on any atom is -0.508 e. The topological polar surface area (TPSA) is 91.0 Å². The second kappa shape index (κ2) is 7.60. The fourth-order valence-corrected chi connectivity index (χ4v) is 3.68. The van der Waals surface area contributed by atoms with E-state index in [-0.39, 0.29) is 23.6 Å². The third kappa shape index (κ3) is 3.56. The van der Waals surface area contributed by atoms with Crippen molar-refractivity contribution in [3.8, 4) is 5.75 Å². The first-order chi connectivity index (χ1) is 14.0.